The third-order valence-corrected chi connectivity index (χ3v) is 4.94. The molecule has 1 N–H and O–H groups in total. The second-order valence-electron chi connectivity index (χ2n) is 8.23. The molecule has 0 unspecified atom stereocenters. The third kappa shape index (κ3) is 3.59. The van der Waals surface area contributed by atoms with Gasteiger partial charge in [-0.05, 0) is 49.1 Å². The molecule has 1 aromatic heterocycles. The monoisotopic (exact) mass is 401 g/mol. The number of rotatable bonds is 4. The van der Waals surface area contributed by atoms with Crippen LogP contribution in [0, 0.1) is 0 Å². The van der Waals surface area contributed by atoms with Crippen LogP contribution in [0.5, 0.6) is 5.75 Å². The lowest BCUT2D eigenvalue weighted by atomic mass is 9.86. The van der Waals surface area contributed by atoms with Crippen molar-refractivity contribution in [1.82, 2.24) is 4.57 Å². The van der Waals surface area contributed by atoms with Crippen LogP contribution in [0.25, 0.3) is 21.8 Å². The molecule has 1 heterocycles. The number of nitrogens with zero attached hydrogens (tertiary/aromatic N) is 1. The average Bonchev–Trinajstić information content (AvgIpc) is 2.58. The summed E-state index contributed by atoms with van der Waals surface area (Å²) in [5.74, 6) is -0.682. The van der Waals surface area contributed by atoms with E-state index < -0.39 is 5.97 Å². The van der Waals surface area contributed by atoms with Gasteiger partial charge in [0.2, 0.25) is 0 Å². The molecule has 0 fully saturated rings. The number of aliphatic carboxylic acids is 1. The second kappa shape index (κ2) is 7.13. The van der Waals surface area contributed by atoms with Gasteiger partial charge in [0.15, 0.2) is 11.2 Å². The molecule has 0 amide bonds. The second-order valence-corrected chi connectivity index (χ2v) is 8.64. The Morgan fingerprint density at radius 2 is 1.82 bits per heavy atom. The van der Waals surface area contributed by atoms with Crippen molar-refractivity contribution in [3.8, 4) is 5.75 Å². The smallest absolute Gasteiger partial charge is 0.323 e. The van der Waals surface area contributed by atoms with Crippen LogP contribution >= 0.6 is 11.6 Å². The maximum Gasteiger partial charge on any atom is 0.323 e. The number of pyridine rings is 1. The Kier molecular flexibility index (Phi) is 5.15. The van der Waals surface area contributed by atoms with Gasteiger partial charge < -0.3 is 14.4 Å². The molecule has 2 aromatic carbocycles. The Hall–Kier alpha value is -2.53. The lowest BCUT2D eigenvalue weighted by molar-refractivity contribution is -0.137. The summed E-state index contributed by atoms with van der Waals surface area (Å²) in [6.45, 7) is 9.61. The molecule has 0 saturated carbocycles. The topological polar surface area (TPSA) is 68.5 Å². The molecule has 148 valence electrons. The molecule has 6 heteroatoms. The van der Waals surface area contributed by atoms with E-state index in [0.29, 0.717) is 32.6 Å². The van der Waals surface area contributed by atoms with Crippen LogP contribution in [0.4, 0.5) is 0 Å². The van der Waals surface area contributed by atoms with Crippen molar-refractivity contribution in [3.63, 3.8) is 0 Å². The summed E-state index contributed by atoms with van der Waals surface area (Å²) in [6, 6.07) is 8.82. The van der Waals surface area contributed by atoms with Gasteiger partial charge in [0.05, 0.1) is 27.5 Å². The highest BCUT2D eigenvalue weighted by Gasteiger charge is 2.21. The van der Waals surface area contributed by atoms with E-state index in [9.17, 15) is 14.7 Å². The van der Waals surface area contributed by atoms with Crippen molar-refractivity contribution in [3.05, 3.63) is 51.1 Å². The van der Waals surface area contributed by atoms with Crippen LogP contribution in [0.1, 0.15) is 40.2 Å². The maximum atomic E-state index is 13.2. The molecule has 3 aromatic rings. The number of carbonyl (C=O) groups is 1. The predicted molar refractivity (Wildman–Crippen MR) is 113 cm³/mol. The van der Waals surface area contributed by atoms with Crippen molar-refractivity contribution in [2.24, 2.45) is 0 Å². The number of carboxylic acids is 1. The number of hydrogen-bond acceptors (Lipinski definition) is 3. The van der Waals surface area contributed by atoms with Gasteiger partial charge in [0.25, 0.3) is 0 Å². The molecule has 0 aliphatic carbocycles. The lowest BCUT2D eigenvalue weighted by Crippen LogP contribution is -2.19. The van der Waals surface area contributed by atoms with Crippen LogP contribution < -0.4 is 10.2 Å². The fourth-order valence-corrected chi connectivity index (χ4v) is 3.52. The van der Waals surface area contributed by atoms with Gasteiger partial charge in [-0.3, -0.25) is 9.59 Å². The van der Waals surface area contributed by atoms with Crippen LogP contribution in [0.15, 0.2) is 35.1 Å². The Morgan fingerprint density at radius 1 is 1.18 bits per heavy atom. The standard InChI is InChI=1S/C22H24ClNO4/c1-12(2)28-21-16(23)9-8-15-19(21)24(11-18(25)26)17-10-13(22(3,4)5)6-7-14(17)20(15)27/h6-10,12H,11H2,1-5H3,(H,25,26). The first kappa shape index (κ1) is 20.2. The van der Waals surface area contributed by atoms with Crippen LogP contribution in [0.3, 0.4) is 0 Å². The van der Waals surface area contributed by atoms with Crippen molar-refractivity contribution in [2.45, 2.75) is 52.7 Å². The Morgan fingerprint density at radius 3 is 2.39 bits per heavy atom. The summed E-state index contributed by atoms with van der Waals surface area (Å²) in [7, 11) is 0. The Bertz CT molecular complexity index is 1140. The van der Waals surface area contributed by atoms with Gasteiger partial charge in [-0.15, -0.1) is 0 Å². The summed E-state index contributed by atoms with van der Waals surface area (Å²) in [4.78, 5) is 24.8. The van der Waals surface area contributed by atoms with E-state index in [-0.39, 0.29) is 23.5 Å². The highest BCUT2D eigenvalue weighted by atomic mass is 35.5. The Balaban J connectivity index is 2.56. The molecule has 0 aliphatic rings. The van der Waals surface area contributed by atoms with Crippen LogP contribution in [-0.2, 0) is 16.8 Å². The van der Waals surface area contributed by atoms with Gasteiger partial charge >= 0.3 is 5.97 Å². The fourth-order valence-electron chi connectivity index (χ4n) is 3.32. The predicted octanol–water partition coefficient (Wildman–Crippen LogP) is 4.98. The largest absolute Gasteiger partial charge is 0.487 e. The van der Waals surface area contributed by atoms with E-state index in [0.717, 1.165) is 5.56 Å². The summed E-state index contributed by atoms with van der Waals surface area (Å²) >= 11 is 6.38. The number of hydrogen-bond donors (Lipinski definition) is 1. The molecule has 0 spiro atoms. The summed E-state index contributed by atoms with van der Waals surface area (Å²) in [5.41, 5.74) is 1.65. The van der Waals surface area contributed by atoms with E-state index in [4.69, 9.17) is 16.3 Å². The third-order valence-electron chi connectivity index (χ3n) is 4.64. The van der Waals surface area contributed by atoms with Gasteiger partial charge in [0.1, 0.15) is 6.54 Å². The molecule has 3 rings (SSSR count). The quantitative estimate of drug-likeness (QED) is 0.626. The number of carboxylic acid groups (broad SMARTS) is 1. The van der Waals surface area contributed by atoms with Gasteiger partial charge in [0, 0.05) is 5.39 Å². The molecule has 0 atom stereocenters. The average molecular weight is 402 g/mol. The lowest BCUT2D eigenvalue weighted by Gasteiger charge is -2.22. The van der Waals surface area contributed by atoms with Crippen molar-refractivity contribution in [2.75, 3.05) is 0 Å². The van der Waals surface area contributed by atoms with Gasteiger partial charge in [-0.1, -0.05) is 38.4 Å². The molecular weight excluding hydrogens is 378 g/mol. The molecule has 0 saturated heterocycles. The van der Waals surface area contributed by atoms with Crippen molar-refractivity contribution in [1.29, 1.82) is 0 Å². The maximum absolute atomic E-state index is 13.2. The highest BCUT2D eigenvalue weighted by Crippen LogP contribution is 2.36. The minimum absolute atomic E-state index is 0.154. The first-order valence-corrected chi connectivity index (χ1v) is 9.56. The SMILES string of the molecule is CC(C)Oc1c(Cl)ccc2c(=O)c3ccc(C(C)(C)C)cc3n(CC(=O)O)c12. The van der Waals surface area contributed by atoms with E-state index in [1.807, 2.05) is 26.0 Å². The Labute approximate surface area is 168 Å². The summed E-state index contributed by atoms with van der Waals surface area (Å²) < 4.78 is 7.52. The minimum Gasteiger partial charge on any atom is -0.487 e. The molecular formula is C22H24ClNO4. The zero-order chi connectivity index (χ0) is 20.8. The van der Waals surface area contributed by atoms with E-state index in [2.05, 4.69) is 20.8 Å². The highest BCUT2D eigenvalue weighted by molar-refractivity contribution is 6.33. The van der Waals surface area contributed by atoms with E-state index >= 15 is 0 Å². The van der Waals surface area contributed by atoms with Crippen molar-refractivity contribution >= 4 is 39.4 Å². The first-order chi connectivity index (χ1) is 13.0. The number of ether oxygens (including phenoxy) is 1. The zero-order valence-electron chi connectivity index (χ0n) is 16.7. The molecule has 0 bridgehead atoms. The first-order valence-electron chi connectivity index (χ1n) is 9.18. The normalized spacial score (nSPS) is 12.1. The van der Waals surface area contributed by atoms with Gasteiger partial charge in [-0.25, -0.2) is 0 Å². The minimum atomic E-state index is -1.01. The summed E-state index contributed by atoms with van der Waals surface area (Å²) in [6.07, 6.45) is -0.187. The van der Waals surface area contributed by atoms with E-state index in [1.54, 1.807) is 22.8 Å². The zero-order valence-corrected chi connectivity index (χ0v) is 17.4. The molecule has 0 aliphatic heterocycles. The number of fused-ring (bicyclic) bond motifs is 2. The molecule has 28 heavy (non-hydrogen) atoms. The van der Waals surface area contributed by atoms with Crippen molar-refractivity contribution < 1.29 is 14.6 Å². The number of halogens is 1. The molecule has 0 radical (unpaired) electrons. The van der Waals surface area contributed by atoms with Crippen LogP contribution in [0.2, 0.25) is 5.02 Å². The fraction of sp³-hybridized carbons (Fsp3) is 0.364. The number of benzene rings is 2. The van der Waals surface area contributed by atoms with Gasteiger partial charge in [-0.2, -0.15) is 0 Å². The molecule has 5 nitrogen and oxygen atoms in total. The summed E-state index contributed by atoms with van der Waals surface area (Å²) in [5, 5.41) is 10.8. The number of aromatic nitrogens is 1. The van der Waals surface area contributed by atoms with Crippen LogP contribution in [-0.4, -0.2) is 21.7 Å². The van der Waals surface area contributed by atoms with E-state index in [1.165, 1.54) is 0 Å².